The summed E-state index contributed by atoms with van der Waals surface area (Å²) in [6.45, 7) is 2.34. The lowest BCUT2D eigenvalue weighted by Crippen LogP contribution is -2.15. The van der Waals surface area contributed by atoms with Crippen molar-refractivity contribution in [2.75, 3.05) is 0 Å². The molecule has 0 N–H and O–H groups in total. The molecule has 1 aliphatic carbocycles. The van der Waals surface area contributed by atoms with Crippen molar-refractivity contribution in [2.45, 2.75) is 50.9 Å². The normalized spacial score (nSPS) is 19.5. The molecular formula is C28H29FO2. The van der Waals surface area contributed by atoms with Crippen LogP contribution in [0.4, 0.5) is 4.39 Å². The molecule has 160 valence electrons. The van der Waals surface area contributed by atoms with E-state index in [0.29, 0.717) is 23.1 Å². The summed E-state index contributed by atoms with van der Waals surface area (Å²) in [6.07, 6.45) is 6.17. The molecule has 3 aromatic rings. The molecular weight excluding hydrogens is 387 g/mol. The molecule has 3 heteroatoms. The highest BCUT2D eigenvalue weighted by Gasteiger charge is 2.24. The highest BCUT2D eigenvalue weighted by atomic mass is 19.1. The molecule has 2 nitrogen and oxygen atoms in total. The monoisotopic (exact) mass is 416 g/mol. The van der Waals surface area contributed by atoms with E-state index in [1.807, 2.05) is 12.1 Å². The van der Waals surface area contributed by atoms with Gasteiger partial charge < -0.3 is 4.74 Å². The van der Waals surface area contributed by atoms with E-state index in [1.165, 1.54) is 67.5 Å². The van der Waals surface area contributed by atoms with Gasteiger partial charge in [-0.2, -0.15) is 0 Å². The minimum atomic E-state index is -0.420. The highest BCUT2D eigenvalue weighted by Crippen LogP contribution is 2.39. The highest BCUT2D eigenvalue weighted by molar-refractivity contribution is 5.91. The third kappa shape index (κ3) is 5.61. The zero-order valence-electron chi connectivity index (χ0n) is 18.0. The molecule has 0 radical (unpaired) electrons. The molecule has 0 amide bonds. The first-order chi connectivity index (χ1) is 15.1. The molecule has 31 heavy (non-hydrogen) atoms. The van der Waals surface area contributed by atoms with Gasteiger partial charge >= 0.3 is 5.97 Å². The van der Waals surface area contributed by atoms with Crippen molar-refractivity contribution in [1.82, 2.24) is 0 Å². The van der Waals surface area contributed by atoms with Crippen LogP contribution in [0.1, 0.15) is 72.3 Å². The number of hydrogen-bond donors (Lipinski definition) is 0. The summed E-state index contributed by atoms with van der Waals surface area (Å²) in [4.78, 5) is 12.3. The van der Waals surface area contributed by atoms with Crippen molar-refractivity contribution in [3.63, 3.8) is 0 Å². The molecule has 0 aliphatic heterocycles. The Balaban J connectivity index is 1.29. The van der Waals surface area contributed by atoms with Crippen LogP contribution in [0.25, 0.3) is 0 Å². The summed E-state index contributed by atoms with van der Waals surface area (Å²) < 4.78 is 18.3. The topological polar surface area (TPSA) is 26.3 Å². The number of halogens is 1. The lowest BCUT2D eigenvalue weighted by molar-refractivity contribution is 0.0734. The van der Waals surface area contributed by atoms with Crippen LogP contribution in [0.3, 0.4) is 0 Å². The molecule has 3 aromatic carbocycles. The van der Waals surface area contributed by atoms with E-state index in [9.17, 15) is 9.18 Å². The van der Waals surface area contributed by atoms with Crippen LogP contribution in [0.15, 0.2) is 78.9 Å². The zero-order chi connectivity index (χ0) is 21.6. The Labute approximate surface area is 184 Å². The van der Waals surface area contributed by atoms with E-state index in [0.717, 1.165) is 5.92 Å². The van der Waals surface area contributed by atoms with E-state index >= 15 is 0 Å². The van der Waals surface area contributed by atoms with Gasteiger partial charge in [-0.05, 0) is 97.4 Å². The molecule has 0 saturated heterocycles. The first-order valence-corrected chi connectivity index (χ1v) is 11.2. The Morgan fingerprint density at radius 3 is 2.19 bits per heavy atom. The molecule has 0 spiro atoms. The van der Waals surface area contributed by atoms with Crippen LogP contribution in [-0.2, 0) is 0 Å². The summed E-state index contributed by atoms with van der Waals surface area (Å²) in [5.74, 6) is 1.53. The number of carbonyl (C=O) groups is 1. The van der Waals surface area contributed by atoms with Gasteiger partial charge in [-0.15, -0.1) is 0 Å². The molecule has 1 aliphatic rings. The lowest BCUT2D eigenvalue weighted by atomic mass is 9.75. The van der Waals surface area contributed by atoms with Crippen LogP contribution in [0.2, 0.25) is 0 Å². The van der Waals surface area contributed by atoms with Crippen LogP contribution in [0, 0.1) is 11.7 Å². The molecule has 0 unspecified atom stereocenters. The number of carbonyl (C=O) groups excluding carboxylic acids is 1. The number of rotatable bonds is 6. The first-order valence-electron chi connectivity index (χ1n) is 11.2. The molecule has 0 bridgehead atoms. The van der Waals surface area contributed by atoms with Gasteiger partial charge in [0.2, 0.25) is 0 Å². The van der Waals surface area contributed by atoms with E-state index < -0.39 is 5.97 Å². The van der Waals surface area contributed by atoms with Crippen LogP contribution >= 0.6 is 0 Å². The number of benzene rings is 3. The summed E-state index contributed by atoms with van der Waals surface area (Å²) in [7, 11) is 0. The second kappa shape index (κ2) is 9.91. The minimum absolute atomic E-state index is 0.346. The fourth-order valence-corrected chi connectivity index (χ4v) is 4.71. The van der Waals surface area contributed by atoms with E-state index in [1.54, 1.807) is 0 Å². The van der Waals surface area contributed by atoms with Gasteiger partial charge in [0.15, 0.2) is 0 Å². The fraction of sp³-hybridized carbons (Fsp3) is 0.321. The summed E-state index contributed by atoms with van der Waals surface area (Å²) in [5, 5.41) is 0. The average molecular weight is 417 g/mol. The molecule has 4 rings (SSSR count). The summed E-state index contributed by atoms with van der Waals surface area (Å²) in [5.41, 5.74) is 3.25. The minimum Gasteiger partial charge on any atom is -0.423 e. The van der Waals surface area contributed by atoms with Crippen molar-refractivity contribution < 1.29 is 13.9 Å². The number of esters is 1. The number of ether oxygens (including phenoxy) is 1. The lowest BCUT2D eigenvalue weighted by Gasteiger charge is -2.30. The Morgan fingerprint density at radius 2 is 1.55 bits per heavy atom. The second-order valence-electron chi connectivity index (χ2n) is 8.73. The fourth-order valence-electron chi connectivity index (χ4n) is 4.71. The Hall–Kier alpha value is -2.94. The van der Waals surface area contributed by atoms with E-state index in [4.69, 9.17) is 4.74 Å². The SMILES string of the molecule is C[C@H](CC1CCC(c2ccc(C(=O)Oc3ccc(F)cc3)cc2)CC1)c1ccccc1. The zero-order valence-corrected chi connectivity index (χ0v) is 18.0. The maximum Gasteiger partial charge on any atom is 0.343 e. The Bertz CT molecular complexity index is 972. The summed E-state index contributed by atoms with van der Waals surface area (Å²) in [6, 6.07) is 24.1. The Morgan fingerprint density at radius 1 is 0.903 bits per heavy atom. The van der Waals surface area contributed by atoms with Gasteiger partial charge in [0.25, 0.3) is 0 Å². The maximum absolute atomic E-state index is 13.0. The van der Waals surface area contributed by atoms with Crippen molar-refractivity contribution in [1.29, 1.82) is 0 Å². The third-order valence-electron chi connectivity index (χ3n) is 6.54. The number of hydrogen-bond acceptors (Lipinski definition) is 2. The average Bonchev–Trinajstić information content (AvgIpc) is 2.82. The predicted octanol–water partition coefficient (Wildman–Crippen LogP) is 7.51. The van der Waals surface area contributed by atoms with Crippen molar-refractivity contribution in [2.24, 2.45) is 5.92 Å². The maximum atomic E-state index is 13.0. The predicted molar refractivity (Wildman–Crippen MR) is 122 cm³/mol. The van der Waals surface area contributed by atoms with Crippen LogP contribution < -0.4 is 4.74 Å². The quantitative estimate of drug-likeness (QED) is 0.307. The molecule has 0 heterocycles. The van der Waals surface area contributed by atoms with Gasteiger partial charge in [-0.1, -0.05) is 49.4 Å². The smallest absolute Gasteiger partial charge is 0.343 e. The van der Waals surface area contributed by atoms with Crippen LogP contribution in [-0.4, -0.2) is 5.97 Å². The third-order valence-corrected chi connectivity index (χ3v) is 6.54. The second-order valence-corrected chi connectivity index (χ2v) is 8.73. The molecule has 1 fully saturated rings. The molecule has 1 atom stereocenters. The van der Waals surface area contributed by atoms with E-state index in [2.05, 4.69) is 49.4 Å². The largest absolute Gasteiger partial charge is 0.423 e. The summed E-state index contributed by atoms with van der Waals surface area (Å²) >= 11 is 0. The van der Waals surface area contributed by atoms with Crippen molar-refractivity contribution in [3.05, 3.63) is 101 Å². The van der Waals surface area contributed by atoms with Gasteiger partial charge in [0.1, 0.15) is 11.6 Å². The Kier molecular flexibility index (Phi) is 6.81. The first kappa shape index (κ1) is 21.3. The molecule has 1 saturated carbocycles. The van der Waals surface area contributed by atoms with E-state index in [-0.39, 0.29) is 5.82 Å². The standard InChI is InChI=1S/C28H29FO2/c1-20(22-5-3-2-4-6-22)19-21-7-9-23(10-8-21)24-11-13-25(14-12-24)28(30)31-27-17-15-26(29)16-18-27/h2-6,11-18,20-21,23H,7-10,19H2,1H3/t20-,21?,23?/m1/s1. The van der Waals surface area contributed by atoms with Gasteiger partial charge in [-0.25, -0.2) is 9.18 Å². The van der Waals surface area contributed by atoms with Gasteiger partial charge in [-0.3, -0.25) is 0 Å². The van der Waals surface area contributed by atoms with Crippen LogP contribution in [0.5, 0.6) is 5.75 Å². The molecule has 0 aromatic heterocycles. The van der Waals surface area contributed by atoms with Gasteiger partial charge in [0.05, 0.1) is 5.56 Å². The van der Waals surface area contributed by atoms with Crippen molar-refractivity contribution in [3.8, 4) is 5.75 Å². The van der Waals surface area contributed by atoms with Crippen molar-refractivity contribution >= 4 is 5.97 Å². The van der Waals surface area contributed by atoms with Gasteiger partial charge in [0, 0.05) is 0 Å².